The van der Waals surface area contributed by atoms with Crippen molar-refractivity contribution in [2.45, 2.75) is 27.3 Å². The van der Waals surface area contributed by atoms with E-state index in [0.29, 0.717) is 12.5 Å². The molecular formula is C20H21ClN4. The van der Waals surface area contributed by atoms with Crippen LogP contribution in [0.5, 0.6) is 0 Å². The third-order valence-corrected chi connectivity index (χ3v) is 4.12. The first-order valence-corrected chi connectivity index (χ1v) is 8.56. The predicted octanol–water partition coefficient (Wildman–Crippen LogP) is 5.41. The van der Waals surface area contributed by atoms with Crippen LogP contribution in [0.2, 0.25) is 5.02 Å². The molecule has 128 valence electrons. The summed E-state index contributed by atoms with van der Waals surface area (Å²) >= 11 is 5.92. The molecule has 0 aliphatic rings. The predicted molar refractivity (Wildman–Crippen MR) is 105 cm³/mol. The zero-order valence-electron chi connectivity index (χ0n) is 14.6. The minimum absolute atomic E-state index is 0.588. The van der Waals surface area contributed by atoms with E-state index in [9.17, 15) is 0 Å². The number of hydrogen-bond donors (Lipinski definition) is 2. The molecule has 4 nitrogen and oxygen atoms in total. The molecule has 0 bridgehead atoms. The third kappa shape index (κ3) is 4.70. The van der Waals surface area contributed by atoms with Gasteiger partial charge in [-0.1, -0.05) is 41.4 Å². The van der Waals surface area contributed by atoms with Gasteiger partial charge >= 0.3 is 0 Å². The van der Waals surface area contributed by atoms with Crippen molar-refractivity contribution < 1.29 is 0 Å². The van der Waals surface area contributed by atoms with Crippen LogP contribution in [-0.2, 0) is 6.54 Å². The van der Waals surface area contributed by atoms with Gasteiger partial charge in [0, 0.05) is 29.0 Å². The maximum atomic E-state index is 5.92. The Balaban J connectivity index is 1.74. The lowest BCUT2D eigenvalue weighted by molar-refractivity contribution is 1.06. The number of nitrogens with zero attached hydrogens (tertiary/aromatic N) is 2. The Bertz CT molecular complexity index is 875. The molecule has 0 saturated carbocycles. The van der Waals surface area contributed by atoms with E-state index < -0.39 is 0 Å². The second kappa shape index (κ2) is 7.53. The van der Waals surface area contributed by atoms with Crippen LogP contribution in [0.4, 0.5) is 17.5 Å². The van der Waals surface area contributed by atoms with Gasteiger partial charge in [0.05, 0.1) is 0 Å². The summed E-state index contributed by atoms with van der Waals surface area (Å²) in [5, 5.41) is 7.38. The third-order valence-electron chi connectivity index (χ3n) is 3.87. The van der Waals surface area contributed by atoms with E-state index in [2.05, 4.69) is 52.6 Å². The summed E-state index contributed by atoms with van der Waals surface area (Å²) < 4.78 is 0. The van der Waals surface area contributed by atoms with Crippen LogP contribution in [0, 0.1) is 20.8 Å². The minimum atomic E-state index is 0.588. The largest absolute Gasteiger partial charge is 0.366 e. The summed E-state index contributed by atoms with van der Waals surface area (Å²) in [5.74, 6) is 1.38. The van der Waals surface area contributed by atoms with E-state index in [4.69, 9.17) is 11.6 Å². The number of aryl methyl sites for hydroxylation is 3. The molecule has 3 rings (SSSR count). The Hall–Kier alpha value is -2.59. The highest BCUT2D eigenvalue weighted by Gasteiger charge is 2.05. The second-order valence-corrected chi connectivity index (χ2v) is 6.58. The highest BCUT2D eigenvalue weighted by atomic mass is 35.5. The van der Waals surface area contributed by atoms with Crippen LogP contribution in [0.25, 0.3) is 0 Å². The van der Waals surface area contributed by atoms with Crippen LogP contribution in [0.15, 0.2) is 48.5 Å². The van der Waals surface area contributed by atoms with Crippen molar-refractivity contribution in [2.24, 2.45) is 0 Å². The Morgan fingerprint density at radius 1 is 0.920 bits per heavy atom. The van der Waals surface area contributed by atoms with Crippen LogP contribution in [0.3, 0.4) is 0 Å². The summed E-state index contributed by atoms with van der Waals surface area (Å²) in [7, 11) is 0. The van der Waals surface area contributed by atoms with Gasteiger partial charge in [-0.25, -0.2) is 4.98 Å². The molecule has 0 fully saturated rings. The van der Waals surface area contributed by atoms with E-state index in [0.717, 1.165) is 27.8 Å². The molecule has 2 aromatic carbocycles. The topological polar surface area (TPSA) is 49.8 Å². The first kappa shape index (κ1) is 17.2. The molecule has 5 heteroatoms. The lowest BCUT2D eigenvalue weighted by Crippen LogP contribution is -2.06. The minimum Gasteiger partial charge on any atom is -0.366 e. The van der Waals surface area contributed by atoms with Gasteiger partial charge in [-0.05, 0) is 50.1 Å². The average molecular weight is 353 g/mol. The monoisotopic (exact) mass is 352 g/mol. The van der Waals surface area contributed by atoms with Gasteiger partial charge in [-0.3, -0.25) is 0 Å². The average Bonchev–Trinajstić information content (AvgIpc) is 2.56. The molecule has 1 aromatic heterocycles. The number of nitrogens with one attached hydrogen (secondary N) is 2. The fourth-order valence-corrected chi connectivity index (χ4v) is 2.71. The molecule has 0 spiro atoms. The zero-order valence-corrected chi connectivity index (χ0v) is 15.4. The van der Waals surface area contributed by atoms with Crippen molar-refractivity contribution in [1.82, 2.24) is 9.97 Å². The molecular weight excluding hydrogens is 332 g/mol. The smallest absolute Gasteiger partial charge is 0.229 e. The van der Waals surface area contributed by atoms with E-state index >= 15 is 0 Å². The first-order valence-electron chi connectivity index (χ1n) is 8.18. The molecule has 0 unspecified atom stereocenters. The van der Waals surface area contributed by atoms with Gasteiger partial charge in [0.2, 0.25) is 5.95 Å². The Labute approximate surface area is 153 Å². The lowest BCUT2D eigenvalue weighted by Gasteiger charge is -2.12. The number of hydrogen-bond acceptors (Lipinski definition) is 4. The van der Waals surface area contributed by atoms with Gasteiger partial charge in [-0.2, -0.15) is 4.98 Å². The zero-order chi connectivity index (χ0) is 17.8. The standard InChI is InChI=1S/C20H21ClN4/c1-13-4-9-18(14(2)10-13)24-20-23-15(3)11-19(25-20)22-12-16-5-7-17(21)8-6-16/h4-11H,12H2,1-3H3,(H2,22,23,24,25). The molecule has 3 aromatic rings. The van der Waals surface area contributed by atoms with Crippen LogP contribution >= 0.6 is 11.6 Å². The Kier molecular flexibility index (Phi) is 5.19. The van der Waals surface area contributed by atoms with Gasteiger partial charge in [0.1, 0.15) is 5.82 Å². The van der Waals surface area contributed by atoms with Gasteiger partial charge < -0.3 is 10.6 Å². The Morgan fingerprint density at radius 3 is 2.40 bits per heavy atom. The van der Waals surface area contributed by atoms with Crippen LogP contribution in [0.1, 0.15) is 22.4 Å². The summed E-state index contributed by atoms with van der Waals surface area (Å²) in [6, 6.07) is 16.0. The molecule has 0 radical (unpaired) electrons. The molecule has 0 aliphatic carbocycles. The molecule has 2 N–H and O–H groups in total. The van der Waals surface area contributed by atoms with Crippen molar-refractivity contribution in [3.8, 4) is 0 Å². The van der Waals surface area contributed by atoms with Gasteiger partial charge in [-0.15, -0.1) is 0 Å². The van der Waals surface area contributed by atoms with Crippen molar-refractivity contribution in [3.05, 3.63) is 75.9 Å². The molecule has 0 amide bonds. The van der Waals surface area contributed by atoms with Crippen LogP contribution in [-0.4, -0.2) is 9.97 Å². The van der Waals surface area contributed by atoms with Gasteiger partial charge in [0.25, 0.3) is 0 Å². The van der Waals surface area contributed by atoms with Crippen LogP contribution < -0.4 is 10.6 Å². The van der Waals surface area contributed by atoms with Crippen molar-refractivity contribution >= 4 is 29.1 Å². The van der Waals surface area contributed by atoms with Crippen molar-refractivity contribution in [2.75, 3.05) is 10.6 Å². The lowest BCUT2D eigenvalue weighted by atomic mass is 10.1. The van der Waals surface area contributed by atoms with Gasteiger partial charge in [0.15, 0.2) is 0 Å². The highest BCUT2D eigenvalue weighted by Crippen LogP contribution is 2.21. The summed E-state index contributed by atoms with van der Waals surface area (Å²) in [6.07, 6.45) is 0. The number of benzene rings is 2. The van der Waals surface area contributed by atoms with E-state index in [-0.39, 0.29) is 0 Å². The Morgan fingerprint density at radius 2 is 1.68 bits per heavy atom. The summed E-state index contributed by atoms with van der Waals surface area (Å²) in [6.45, 7) is 6.79. The molecule has 0 atom stereocenters. The number of halogens is 1. The number of aromatic nitrogens is 2. The quantitative estimate of drug-likeness (QED) is 0.644. The summed E-state index contributed by atoms with van der Waals surface area (Å²) in [4.78, 5) is 9.05. The van der Waals surface area contributed by atoms with Crippen molar-refractivity contribution in [3.63, 3.8) is 0 Å². The molecule has 25 heavy (non-hydrogen) atoms. The number of anilines is 3. The van der Waals surface area contributed by atoms with E-state index in [1.54, 1.807) is 0 Å². The fraction of sp³-hybridized carbons (Fsp3) is 0.200. The fourth-order valence-electron chi connectivity index (χ4n) is 2.58. The normalized spacial score (nSPS) is 10.6. The number of rotatable bonds is 5. The van der Waals surface area contributed by atoms with E-state index in [1.807, 2.05) is 37.3 Å². The molecule has 0 saturated heterocycles. The van der Waals surface area contributed by atoms with E-state index in [1.165, 1.54) is 11.1 Å². The highest BCUT2D eigenvalue weighted by molar-refractivity contribution is 6.30. The summed E-state index contributed by atoms with van der Waals surface area (Å²) in [5.41, 5.74) is 5.46. The molecule has 1 heterocycles. The van der Waals surface area contributed by atoms with Crippen molar-refractivity contribution in [1.29, 1.82) is 0 Å². The SMILES string of the molecule is Cc1ccc(Nc2nc(C)cc(NCc3ccc(Cl)cc3)n2)c(C)c1. The second-order valence-electron chi connectivity index (χ2n) is 6.14. The maximum Gasteiger partial charge on any atom is 0.229 e. The first-order chi connectivity index (χ1) is 12.0. The maximum absolute atomic E-state index is 5.92. The molecule has 0 aliphatic heterocycles.